The lowest BCUT2D eigenvalue weighted by atomic mass is 10.1. The Morgan fingerprint density at radius 2 is 2.06 bits per heavy atom. The van der Waals surface area contributed by atoms with Crippen molar-refractivity contribution in [3.8, 4) is 28.3 Å². The predicted octanol–water partition coefficient (Wildman–Crippen LogP) is 3.94. The first-order valence-electron chi connectivity index (χ1n) is 11.4. The lowest BCUT2D eigenvalue weighted by Crippen LogP contribution is -2.15. The van der Waals surface area contributed by atoms with Crippen LogP contribution in [-0.2, 0) is 6.54 Å². The number of nitrogens with zero attached hydrogens (tertiary/aromatic N) is 5. The number of aromatic amines is 1. The first-order valence-corrected chi connectivity index (χ1v) is 11.4. The summed E-state index contributed by atoms with van der Waals surface area (Å²) in [6.45, 7) is 3.32. The number of imidazole rings is 1. The average molecular weight is 457 g/mol. The molecule has 9 heteroatoms. The second-order valence-corrected chi connectivity index (χ2v) is 8.51. The van der Waals surface area contributed by atoms with Gasteiger partial charge in [0.1, 0.15) is 17.0 Å². The number of H-pyrrole nitrogens is 1. The van der Waals surface area contributed by atoms with Crippen LogP contribution in [0, 0.1) is 5.92 Å². The summed E-state index contributed by atoms with van der Waals surface area (Å²) in [6, 6.07) is 7.42. The Kier molecular flexibility index (Phi) is 4.83. The van der Waals surface area contributed by atoms with E-state index in [1.807, 2.05) is 48.4 Å². The fourth-order valence-electron chi connectivity index (χ4n) is 4.41. The second kappa shape index (κ2) is 8.02. The maximum absolute atomic E-state index is 12.9. The van der Waals surface area contributed by atoms with E-state index in [2.05, 4.69) is 20.1 Å². The summed E-state index contributed by atoms with van der Waals surface area (Å²) in [6.07, 6.45) is 9.86. The van der Waals surface area contributed by atoms with Crippen LogP contribution < -0.4 is 15.2 Å². The third kappa shape index (κ3) is 3.40. The molecule has 1 aromatic carbocycles. The molecule has 4 heterocycles. The minimum absolute atomic E-state index is 0.293. The third-order valence-corrected chi connectivity index (χ3v) is 6.19. The first-order chi connectivity index (χ1) is 16.7. The van der Waals surface area contributed by atoms with Crippen LogP contribution in [0.4, 0.5) is 0 Å². The monoisotopic (exact) mass is 456 g/mol. The summed E-state index contributed by atoms with van der Waals surface area (Å²) in [4.78, 5) is 24.7. The van der Waals surface area contributed by atoms with Gasteiger partial charge in [-0.15, -0.1) is 0 Å². The molecule has 0 aliphatic heterocycles. The zero-order chi connectivity index (χ0) is 23.2. The molecule has 5 aromatic rings. The van der Waals surface area contributed by atoms with Crippen molar-refractivity contribution in [2.45, 2.75) is 26.3 Å². The van der Waals surface area contributed by atoms with E-state index >= 15 is 0 Å². The molecule has 0 unspecified atom stereocenters. The van der Waals surface area contributed by atoms with Gasteiger partial charge >= 0.3 is 5.69 Å². The zero-order valence-corrected chi connectivity index (χ0v) is 19.0. The average Bonchev–Trinajstić information content (AvgIpc) is 3.42. The van der Waals surface area contributed by atoms with Crippen LogP contribution in [0.3, 0.4) is 0 Å². The summed E-state index contributed by atoms with van der Waals surface area (Å²) in [5, 5.41) is 5.32. The number of methoxy groups -OCH3 is 1. The highest BCUT2D eigenvalue weighted by molar-refractivity contribution is 5.93. The molecule has 4 aromatic heterocycles. The van der Waals surface area contributed by atoms with E-state index in [4.69, 9.17) is 9.47 Å². The number of nitrogens with one attached hydrogen (secondary N) is 1. The van der Waals surface area contributed by atoms with Crippen molar-refractivity contribution in [2.75, 3.05) is 13.7 Å². The molecule has 0 spiro atoms. The van der Waals surface area contributed by atoms with E-state index in [0.29, 0.717) is 35.0 Å². The molecule has 1 fully saturated rings. The molecule has 9 nitrogen and oxygen atoms in total. The lowest BCUT2D eigenvalue weighted by molar-refractivity contribution is 0.343. The molecule has 0 radical (unpaired) electrons. The molecule has 0 amide bonds. The summed E-state index contributed by atoms with van der Waals surface area (Å²) in [5.74, 6) is 2.01. The maximum Gasteiger partial charge on any atom is 0.332 e. The van der Waals surface area contributed by atoms with Crippen molar-refractivity contribution in [3.63, 3.8) is 0 Å². The summed E-state index contributed by atoms with van der Waals surface area (Å²) in [7, 11) is 1.65. The van der Waals surface area contributed by atoms with Gasteiger partial charge < -0.3 is 9.47 Å². The van der Waals surface area contributed by atoms with Crippen molar-refractivity contribution in [1.82, 2.24) is 29.3 Å². The van der Waals surface area contributed by atoms with Crippen LogP contribution in [0.2, 0.25) is 0 Å². The molecular weight excluding hydrogens is 432 g/mol. The van der Waals surface area contributed by atoms with Gasteiger partial charge in [-0.2, -0.15) is 5.10 Å². The van der Waals surface area contributed by atoms with Gasteiger partial charge in [-0.05, 0) is 43.9 Å². The zero-order valence-electron chi connectivity index (χ0n) is 19.0. The van der Waals surface area contributed by atoms with Gasteiger partial charge in [-0.3, -0.25) is 19.2 Å². The fraction of sp³-hybridized carbons (Fsp3) is 0.280. The summed E-state index contributed by atoms with van der Waals surface area (Å²) in [5.41, 5.74) is 4.02. The standard InChI is InChI=1S/C25H24N6O3/c1-3-34-21-8-9-26-24-22(21)31(25(32)29-24)17-6-7-20-18(10-17)23(33-2)19(12-27-20)16-11-28-30(14-16)13-15-4-5-15/h6-12,14-15H,3-5,13H2,1-2H3,(H,26,29,32). The highest BCUT2D eigenvalue weighted by Gasteiger charge is 2.23. The Morgan fingerprint density at radius 3 is 2.85 bits per heavy atom. The SMILES string of the molecule is CCOc1ccnc2[nH]c(=O)n(-c3ccc4ncc(-c5cnn(CC6CC6)c5)c(OC)c4c3)c12. The Labute approximate surface area is 195 Å². The van der Waals surface area contributed by atoms with Crippen molar-refractivity contribution < 1.29 is 9.47 Å². The molecule has 0 atom stereocenters. The molecule has 172 valence electrons. The van der Waals surface area contributed by atoms with Crippen LogP contribution in [0.5, 0.6) is 11.5 Å². The van der Waals surface area contributed by atoms with Crippen molar-refractivity contribution >= 4 is 22.1 Å². The molecular formula is C25H24N6O3. The quantitative estimate of drug-likeness (QED) is 0.398. The molecule has 34 heavy (non-hydrogen) atoms. The number of hydrogen-bond donors (Lipinski definition) is 1. The Morgan fingerprint density at radius 1 is 1.18 bits per heavy atom. The van der Waals surface area contributed by atoms with E-state index in [0.717, 1.165) is 34.5 Å². The minimum atomic E-state index is -0.293. The fourth-order valence-corrected chi connectivity index (χ4v) is 4.41. The van der Waals surface area contributed by atoms with Gasteiger partial charge in [-0.25, -0.2) is 9.78 Å². The van der Waals surface area contributed by atoms with Crippen LogP contribution in [-0.4, -0.2) is 43.0 Å². The van der Waals surface area contributed by atoms with Gasteiger partial charge in [0.15, 0.2) is 5.65 Å². The summed E-state index contributed by atoms with van der Waals surface area (Å²) >= 11 is 0. The highest BCUT2D eigenvalue weighted by atomic mass is 16.5. The van der Waals surface area contributed by atoms with Crippen LogP contribution in [0.1, 0.15) is 19.8 Å². The van der Waals surface area contributed by atoms with E-state index in [1.165, 1.54) is 12.8 Å². The topological polar surface area (TPSA) is 99.9 Å². The predicted molar refractivity (Wildman–Crippen MR) is 129 cm³/mol. The first kappa shape index (κ1) is 20.5. The number of hydrogen-bond acceptors (Lipinski definition) is 6. The highest BCUT2D eigenvalue weighted by Crippen LogP contribution is 2.37. The van der Waals surface area contributed by atoms with Gasteiger partial charge in [-0.1, -0.05) is 0 Å². The number of benzene rings is 1. The smallest absolute Gasteiger partial charge is 0.332 e. The minimum Gasteiger partial charge on any atom is -0.495 e. The molecule has 1 aliphatic rings. The molecule has 6 rings (SSSR count). The Bertz CT molecular complexity index is 1580. The van der Waals surface area contributed by atoms with Gasteiger partial charge in [0, 0.05) is 47.7 Å². The Hall–Kier alpha value is -4.14. The van der Waals surface area contributed by atoms with E-state index in [1.54, 1.807) is 23.9 Å². The second-order valence-electron chi connectivity index (χ2n) is 8.51. The normalized spacial score (nSPS) is 13.6. The van der Waals surface area contributed by atoms with Crippen molar-refractivity contribution in [3.05, 3.63) is 59.5 Å². The molecule has 1 aliphatic carbocycles. The largest absolute Gasteiger partial charge is 0.495 e. The molecule has 1 N–H and O–H groups in total. The van der Waals surface area contributed by atoms with E-state index in [-0.39, 0.29) is 5.69 Å². The lowest BCUT2D eigenvalue weighted by Gasteiger charge is -2.13. The van der Waals surface area contributed by atoms with Gasteiger partial charge in [0.2, 0.25) is 0 Å². The van der Waals surface area contributed by atoms with Crippen LogP contribution in [0.25, 0.3) is 38.9 Å². The number of pyridine rings is 2. The van der Waals surface area contributed by atoms with Crippen molar-refractivity contribution in [1.29, 1.82) is 0 Å². The maximum atomic E-state index is 12.9. The van der Waals surface area contributed by atoms with Gasteiger partial charge in [0.25, 0.3) is 0 Å². The summed E-state index contributed by atoms with van der Waals surface area (Å²) < 4.78 is 15.2. The van der Waals surface area contributed by atoms with E-state index < -0.39 is 0 Å². The van der Waals surface area contributed by atoms with Crippen LogP contribution in [0.15, 0.2) is 53.8 Å². The van der Waals surface area contributed by atoms with Gasteiger partial charge in [0.05, 0.1) is 31.1 Å². The number of ether oxygens (including phenoxy) is 2. The van der Waals surface area contributed by atoms with E-state index in [9.17, 15) is 4.79 Å². The molecule has 1 saturated carbocycles. The number of fused-ring (bicyclic) bond motifs is 2. The Balaban J connectivity index is 1.51. The third-order valence-electron chi connectivity index (χ3n) is 6.19. The number of rotatable bonds is 7. The van der Waals surface area contributed by atoms with Crippen molar-refractivity contribution in [2.24, 2.45) is 5.92 Å². The number of aromatic nitrogens is 6. The van der Waals surface area contributed by atoms with Crippen LogP contribution >= 0.6 is 0 Å². The molecule has 0 bridgehead atoms. The molecule has 0 saturated heterocycles.